The average Bonchev–Trinajstić information content (AvgIpc) is 2.74. The third kappa shape index (κ3) is 2.19. The van der Waals surface area contributed by atoms with Gasteiger partial charge in [-0.1, -0.05) is 5.16 Å². The summed E-state index contributed by atoms with van der Waals surface area (Å²) in [7, 11) is 1.54. The summed E-state index contributed by atoms with van der Waals surface area (Å²) >= 11 is 0. The van der Waals surface area contributed by atoms with Gasteiger partial charge >= 0.3 is 5.97 Å². The Morgan fingerprint density at radius 3 is 2.47 bits per heavy atom. The van der Waals surface area contributed by atoms with Crippen molar-refractivity contribution in [2.24, 2.45) is 0 Å². The van der Waals surface area contributed by atoms with E-state index in [2.05, 4.69) is 5.16 Å². The summed E-state index contributed by atoms with van der Waals surface area (Å²) in [6.45, 7) is 5.51. The second-order valence-corrected chi connectivity index (χ2v) is 4.41. The summed E-state index contributed by atoms with van der Waals surface area (Å²) in [6.07, 6.45) is 0. The lowest BCUT2D eigenvalue weighted by Crippen LogP contribution is -2.00. The van der Waals surface area contributed by atoms with Crippen molar-refractivity contribution in [3.05, 3.63) is 34.5 Å². The predicted octanol–water partition coefficient (Wildman–Crippen LogP) is 2.97. The molecule has 0 aliphatic carbocycles. The monoisotopic (exact) mass is 261 g/mol. The van der Waals surface area contributed by atoms with Crippen molar-refractivity contribution >= 4 is 5.97 Å². The van der Waals surface area contributed by atoms with Crippen LogP contribution in [-0.4, -0.2) is 23.3 Å². The number of carboxylic acid groups (broad SMARTS) is 1. The van der Waals surface area contributed by atoms with Crippen molar-refractivity contribution in [2.75, 3.05) is 7.11 Å². The number of aromatic carboxylic acids is 1. The molecule has 0 bridgehead atoms. The summed E-state index contributed by atoms with van der Waals surface area (Å²) < 4.78 is 10.5. The lowest BCUT2D eigenvalue weighted by molar-refractivity contribution is 0.0696. The smallest absolute Gasteiger partial charge is 0.341 e. The van der Waals surface area contributed by atoms with Gasteiger partial charge in [0, 0.05) is 0 Å². The second-order valence-electron chi connectivity index (χ2n) is 4.41. The van der Waals surface area contributed by atoms with Crippen LogP contribution in [0.25, 0.3) is 11.3 Å². The number of aromatic nitrogens is 1. The van der Waals surface area contributed by atoms with Gasteiger partial charge in [-0.2, -0.15) is 0 Å². The first kappa shape index (κ1) is 13.1. The number of nitrogens with zero attached hydrogens (tertiary/aromatic N) is 1. The first-order valence-corrected chi connectivity index (χ1v) is 5.81. The van der Waals surface area contributed by atoms with Crippen LogP contribution in [0.1, 0.15) is 27.2 Å². The van der Waals surface area contributed by atoms with E-state index in [0.29, 0.717) is 17.0 Å². The van der Waals surface area contributed by atoms with Gasteiger partial charge in [0.2, 0.25) is 0 Å². The number of hydrogen-bond donors (Lipinski definition) is 1. The minimum Gasteiger partial charge on any atom is -0.496 e. The van der Waals surface area contributed by atoms with Crippen LogP contribution in [-0.2, 0) is 0 Å². The molecule has 5 nitrogen and oxygen atoms in total. The Bertz CT molecular complexity index is 643. The van der Waals surface area contributed by atoms with Gasteiger partial charge in [-0.05, 0) is 44.0 Å². The van der Waals surface area contributed by atoms with Crippen molar-refractivity contribution < 1.29 is 19.2 Å². The molecule has 0 atom stereocenters. The van der Waals surface area contributed by atoms with E-state index in [1.165, 1.54) is 7.11 Å². The fourth-order valence-corrected chi connectivity index (χ4v) is 1.94. The third-order valence-corrected chi connectivity index (χ3v) is 3.14. The van der Waals surface area contributed by atoms with E-state index >= 15 is 0 Å². The molecule has 1 N–H and O–H groups in total. The lowest BCUT2D eigenvalue weighted by Gasteiger charge is -2.10. The molecule has 0 radical (unpaired) electrons. The molecule has 0 amide bonds. The summed E-state index contributed by atoms with van der Waals surface area (Å²) in [5.74, 6) is -0.263. The van der Waals surface area contributed by atoms with Crippen LogP contribution in [0, 0.1) is 20.8 Å². The standard InChI is InChI=1S/C14H15NO4/c1-7-5-10(11(18-4)6-8(7)2)13-12(14(16)17)9(3)15-19-13/h5-6H,1-4H3,(H,16,17). The highest BCUT2D eigenvalue weighted by molar-refractivity contribution is 5.96. The van der Waals surface area contributed by atoms with E-state index < -0.39 is 5.97 Å². The van der Waals surface area contributed by atoms with Crippen LogP contribution in [0.4, 0.5) is 0 Å². The van der Waals surface area contributed by atoms with Gasteiger partial charge in [0.15, 0.2) is 5.76 Å². The largest absolute Gasteiger partial charge is 0.496 e. The Hall–Kier alpha value is -2.30. The zero-order chi connectivity index (χ0) is 14.2. The number of ether oxygens (including phenoxy) is 1. The highest BCUT2D eigenvalue weighted by Crippen LogP contribution is 2.35. The Morgan fingerprint density at radius 1 is 1.26 bits per heavy atom. The molecule has 1 heterocycles. The Kier molecular flexibility index (Phi) is 3.29. The van der Waals surface area contributed by atoms with E-state index in [1.807, 2.05) is 26.0 Å². The Balaban J connectivity index is 2.72. The van der Waals surface area contributed by atoms with Gasteiger partial charge < -0.3 is 14.4 Å². The number of hydrogen-bond acceptors (Lipinski definition) is 4. The molecular formula is C14H15NO4. The lowest BCUT2D eigenvalue weighted by atomic mass is 10.0. The molecular weight excluding hydrogens is 246 g/mol. The van der Waals surface area contributed by atoms with Gasteiger partial charge in [-0.3, -0.25) is 0 Å². The van der Waals surface area contributed by atoms with Crippen LogP contribution < -0.4 is 4.74 Å². The van der Waals surface area contributed by atoms with E-state index in [-0.39, 0.29) is 11.3 Å². The van der Waals surface area contributed by atoms with Crippen molar-refractivity contribution in [1.82, 2.24) is 5.16 Å². The number of rotatable bonds is 3. The van der Waals surface area contributed by atoms with Crippen LogP contribution >= 0.6 is 0 Å². The molecule has 5 heteroatoms. The SMILES string of the molecule is COc1cc(C)c(C)cc1-c1onc(C)c1C(=O)O. The summed E-state index contributed by atoms with van der Waals surface area (Å²) in [4.78, 5) is 11.3. The number of benzene rings is 1. The number of carbonyl (C=O) groups is 1. The topological polar surface area (TPSA) is 72.6 Å². The molecule has 0 aliphatic rings. The highest BCUT2D eigenvalue weighted by atomic mass is 16.5. The molecule has 1 aromatic heterocycles. The summed E-state index contributed by atoms with van der Waals surface area (Å²) in [5, 5.41) is 13.0. The molecule has 0 aliphatic heterocycles. The maximum absolute atomic E-state index is 11.3. The van der Waals surface area contributed by atoms with Crippen LogP contribution in [0.5, 0.6) is 5.75 Å². The fourth-order valence-electron chi connectivity index (χ4n) is 1.94. The van der Waals surface area contributed by atoms with E-state index in [4.69, 9.17) is 9.26 Å². The molecule has 0 saturated carbocycles. The molecule has 0 spiro atoms. The van der Waals surface area contributed by atoms with Gasteiger partial charge in [-0.15, -0.1) is 0 Å². The second kappa shape index (κ2) is 4.76. The van der Waals surface area contributed by atoms with Crippen LogP contribution in [0.2, 0.25) is 0 Å². The average molecular weight is 261 g/mol. The van der Waals surface area contributed by atoms with Crippen molar-refractivity contribution in [3.8, 4) is 17.1 Å². The first-order chi connectivity index (χ1) is 8.95. The van der Waals surface area contributed by atoms with Gasteiger partial charge in [0.1, 0.15) is 11.3 Å². The molecule has 19 heavy (non-hydrogen) atoms. The van der Waals surface area contributed by atoms with Gasteiger partial charge in [0.05, 0.1) is 18.4 Å². The third-order valence-electron chi connectivity index (χ3n) is 3.14. The Labute approximate surface area is 110 Å². The zero-order valence-electron chi connectivity index (χ0n) is 11.3. The van der Waals surface area contributed by atoms with Gasteiger partial charge in [-0.25, -0.2) is 4.79 Å². The summed E-state index contributed by atoms with van der Waals surface area (Å²) in [5.41, 5.74) is 3.11. The predicted molar refractivity (Wildman–Crippen MR) is 69.7 cm³/mol. The number of aryl methyl sites for hydroxylation is 3. The van der Waals surface area contributed by atoms with Crippen LogP contribution in [0.3, 0.4) is 0 Å². The molecule has 0 saturated heterocycles. The summed E-state index contributed by atoms with van der Waals surface area (Å²) in [6, 6.07) is 3.70. The van der Waals surface area contributed by atoms with E-state index in [0.717, 1.165) is 11.1 Å². The minimum atomic E-state index is -1.06. The Morgan fingerprint density at radius 2 is 1.89 bits per heavy atom. The maximum atomic E-state index is 11.3. The van der Waals surface area contributed by atoms with Crippen molar-refractivity contribution in [2.45, 2.75) is 20.8 Å². The van der Waals surface area contributed by atoms with Gasteiger partial charge in [0.25, 0.3) is 0 Å². The highest BCUT2D eigenvalue weighted by Gasteiger charge is 2.24. The van der Waals surface area contributed by atoms with Crippen molar-refractivity contribution in [3.63, 3.8) is 0 Å². The maximum Gasteiger partial charge on any atom is 0.341 e. The molecule has 0 unspecified atom stereocenters. The van der Waals surface area contributed by atoms with Crippen molar-refractivity contribution in [1.29, 1.82) is 0 Å². The molecule has 2 rings (SSSR count). The quantitative estimate of drug-likeness (QED) is 0.919. The molecule has 1 aromatic carbocycles. The zero-order valence-corrected chi connectivity index (χ0v) is 11.3. The molecule has 0 fully saturated rings. The minimum absolute atomic E-state index is 0.0709. The van der Waals surface area contributed by atoms with E-state index in [1.54, 1.807) is 6.92 Å². The van der Waals surface area contributed by atoms with Crippen LogP contribution in [0.15, 0.2) is 16.7 Å². The van der Waals surface area contributed by atoms with E-state index in [9.17, 15) is 9.90 Å². The molecule has 2 aromatic rings. The molecule has 100 valence electrons. The fraction of sp³-hybridized carbons (Fsp3) is 0.286. The number of carboxylic acids is 1. The number of methoxy groups -OCH3 is 1. The first-order valence-electron chi connectivity index (χ1n) is 5.81. The normalized spacial score (nSPS) is 10.5.